The number of nitrogens with one attached hydrogen (secondary N) is 1. The van der Waals surface area contributed by atoms with Gasteiger partial charge in [-0.2, -0.15) is 0 Å². The normalized spacial score (nSPS) is 22.9. The standard InChI is InChI=1S/C15H22N2O2/c1-10-6-4-5-7-13(10)17-14-9-8-12(11(2)16-14)15(18)19-3/h8-10,13H,4-7H2,1-3H3,(H,16,17). The highest BCUT2D eigenvalue weighted by atomic mass is 16.5. The fraction of sp³-hybridized carbons (Fsp3) is 0.600. The summed E-state index contributed by atoms with van der Waals surface area (Å²) in [7, 11) is 1.39. The molecule has 1 fully saturated rings. The molecule has 1 saturated carbocycles. The number of methoxy groups -OCH3 is 1. The average Bonchev–Trinajstić information content (AvgIpc) is 2.41. The van der Waals surface area contributed by atoms with Gasteiger partial charge in [0.05, 0.1) is 18.4 Å². The minimum absolute atomic E-state index is 0.331. The van der Waals surface area contributed by atoms with Gasteiger partial charge >= 0.3 is 5.97 Å². The summed E-state index contributed by atoms with van der Waals surface area (Å²) in [5, 5.41) is 3.49. The number of aromatic nitrogens is 1. The Kier molecular flexibility index (Phi) is 4.40. The fourth-order valence-electron chi connectivity index (χ4n) is 2.69. The summed E-state index contributed by atoms with van der Waals surface area (Å²) in [5.41, 5.74) is 1.24. The van der Waals surface area contributed by atoms with Crippen molar-refractivity contribution in [2.45, 2.75) is 45.6 Å². The number of esters is 1. The molecule has 0 spiro atoms. The van der Waals surface area contributed by atoms with Crippen molar-refractivity contribution in [1.29, 1.82) is 0 Å². The van der Waals surface area contributed by atoms with Crippen molar-refractivity contribution in [1.82, 2.24) is 4.98 Å². The van der Waals surface area contributed by atoms with Crippen molar-refractivity contribution in [2.24, 2.45) is 5.92 Å². The van der Waals surface area contributed by atoms with E-state index < -0.39 is 0 Å². The quantitative estimate of drug-likeness (QED) is 0.850. The predicted molar refractivity (Wildman–Crippen MR) is 75.4 cm³/mol. The topological polar surface area (TPSA) is 51.2 Å². The molecular weight excluding hydrogens is 240 g/mol. The monoisotopic (exact) mass is 262 g/mol. The average molecular weight is 262 g/mol. The molecule has 2 unspecified atom stereocenters. The molecular formula is C15H22N2O2. The third-order valence-corrected chi connectivity index (χ3v) is 3.94. The van der Waals surface area contributed by atoms with E-state index in [4.69, 9.17) is 4.74 Å². The third kappa shape index (κ3) is 3.25. The zero-order valence-electron chi connectivity index (χ0n) is 11.9. The van der Waals surface area contributed by atoms with Crippen molar-refractivity contribution < 1.29 is 9.53 Å². The van der Waals surface area contributed by atoms with Gasteiger partial charge in [-0.1, -0.05) is 19.8 Å². The number of carbonyl (C=O) groups is 1. The van der Waals surface area contributed by atoms with Crippen molar-refractivity contribution in [2.75, 3.05) is 12.4 Å². The van der Waals surface area contributed by atoms with Crippen LogP contribution in [-0.2, 0) is 4.74 Å². The Hall–Kier alpha value is -1.58. The Balaban J connectivity index is 2.09. The maximum atomic E-state index is 11.5. The first-order valence-electron chi connectivity index (χ1n) is 6.94. The van der Waals surface area contributed by atoms with Crippen molar-refractivity contribution >= 4 is 11.8 Å². The van der Waals surface area contributed by atoms with E-state index in [9.17, 15) is 4.79 Å². The molecule has 1 aromatic rings. The van der Waals surface area contributed by atoms with Crippen LogP contribution >= 0.6 is 0 Å². The van der Waals surface area contributed by atoms with Gasteiger partial charge in [-0.3, -0.25) is 0 Å². The molecule has 0 aromatic carbocycles. The minimum atomic E-state index is -0.331. The van der Waals surface area contributed by atoms with Crippen LogP contribution in [0.4, 0.5) is 5.82 Å². The van der Waals surface area contributed by atoms with Crippen LogP contribution in [0.3, 0.4) is 0 Å². The molecule has 1 aliphatic rings. The van der Waals surface area contributed by atoms with E-state index in [1.807, 2.05) is 13.0 Å². The molecule has 1 aromatic heterocycles. The number of carbonyl (C=O) groups excluding carboxylic acids is 1. The molecule has 0 bridgehead atoms. The second kappa shape index (κ2) is 6.04. The predicted octanol–water partition coefficient (Wildman–Crippen LogP) is 3.17. The number of aryl methyl sites for hydroxylation is 1. The van der Waals surface area contributed by atoms with Crippen LogP contribution in [0.15, 0.2) is 12.1 Å². The fourth-order valence-corrected chi connectivity index (χ4v) is 2.69. The van der Waals surface area contributed by atoms with E-state index >= 15 is 0 Å². The molecule has 0 radical (unpaired) electrons. The highest BCUT2D eigenvalue weighted by Crippen LogP contribution is 2.26. The van der Waals surface area contributed by atoms with Gasteiger partial charge in [0.15, 0.2) is 0 Å². The SMILES string of the molecule is COC(=O)c1ccc(NC2CCCCC2C)nc1C. The summed E-state index contributed by atoms with van der Waals surface area (Å²) in [4.78, 5) is 16.0. The minimum Gasteiger partial charge on any atom is -0.465 e. The Labute approximate surface area is 114 Å². The van der Waals surface area contributed by atoms with Gasteiger partial charge in [0.25, 0.3) is 0 Å². The molecule has 1 N–H and O–H groups in total. The molecule has 0 amide bonds. The van der Waals surface area contributed by atoms with Crippen molar-refractivity contribution in [3.8, 4) is 0 Å². The van der Waals surface area contributed by atoms with Crippen LogP contribution in [0.5, 0.6) is 0 Å². The zero-order chi connectivity index (χ0) is 13.8. The Morgan fingerprint density at radius 1 is 1.37 bits per heavy atom. The second-order valence-electron chi connectivity index (χ2n) is 5.33. The van der Waals surface area contributed by atoms with E-state index in [2.05, 4.69) is 17.2 Å². The van der Waals surface area contributed by atoms with E-state index in [1.54, 1.807) is 6.07 Å². The van der Waals surface area contributed by atoms with Crippen molar-refractivity contribution in [3.05, 3.63) is 23.4 Å². The Morgan fingerprint density at radius 2 is 2.11 bits per heavy atom. The molecule has 2 atom stereocenters. The first-order valence-corrected chi connectivity index (χ1v) is 6.94. The van der Waals surface area contributed by atoms with E-state index in [0.717, 1.165) is 5.82 Å². The number of rotatable bonds is 3. The number of hydrogen-bond acceptors (Lipinski definition) is 4. The molecule has 104 valence electrons. The molecule has 2 rings (SSSR count). The Bertz CT molecular complexity index is 459. The van der Waals surface area contributed by atoms with Crippen LogP contribution in [0.2, 0.25) is 0 Å². The molecule has 1 heterocycles. The summed E-state index contributed by atoms with van der Waals surface area (Å²) in [5.74, 6) is 1.20. The highest BCUT2D eigenvalue weighted by molar-refractivity contribution is 5.90. The summed E-state index contributed by atoms with van der Waals surface area (Å²) in [6.45, 7) is 4.12. The third-order valence-electron chi connectivity index (χ3n) is 3.94. The number of pyridine rings is 1. The molecule has 0 saturated heterocycles. The van der Waals surface area contributed by atoms with Gasteiger partial charge in [-0.05, 0) is 37.8 Å². The lowest BCUT2D eigenvalue weighted by atomic mass is 9.86. The van der Waals surface area contributed by atoms with E-state index in [0.29, 0.717) is 23.2 Å². The van der Waals surface area contributed by atoms with Crippen molar-refractivity contribution in [3.63, 3.8) is 0 Å². The van der Waals surface area contributed by atoms with Gasteiger partial charge in [0.1, 0.15) is 5.82 Å². The van der Waals surface area contributed by atoms with Crippen LogP contribution in [0.1, 0.15) is 48.7 Å². The molecule has 1 aliphatic carbocycles. The van der Waals surface area contributed by atoms with E-state index in [1.165, 1.54) is 32.8 Å². The molecule has 4 heteroatoms. The lowest BCUT2D eigenvalue weighted by molar-refractivity contribution is 0.0599. The van der Waals surface area contributed by atoms with E-state index in [-0.39, 0.29) is 5.97 Å². The van der Waals surface area contributed by atoms with Gasteiger partial charge in [0, 0.05) is 6.04 Å². The van der Waals surface area contributed by atoms with Gasteiger partial charge < -0.3 is 10.1 Å². The zero-order valence-corrected chi connectivity index (χ0v) is 11.9. The number of anilines is 1. The largest absolute Gasteiger partial charge is 0.465 e. The van der Waals surface area contributed by atoms with Crippen LogP contribution in [-0.4, -0.2) is 24.1 Å². The number of hydrogen-bond donors (Lipinski definition) is 1. The summed E-state index contributed by atoms with van der Waals surface area (Å²) >= 11 is 0. The number of ether oxygens (including phenoxy) is 1. The summed E-state index contributed by atoms with van der Waals surface area (Å²) in [6.07, 6.45) is 5.08. The maximum absolute atomic E-state index is 11.5. The van der Waals surface area contributed by atoms with Crippen LogP contribution in [0, 0.1) is 12.8 Å². The lowest BCUT2D eigenvalue weighted by Gasteiger charge is -2.30. The first-order chi connectivity index (χ1) is 9.11. The highest BCUT2D eigenvalue weighted by Gasteiger charge is 2.21. The van der Waals surface area contributed by atoms with Crippen LogP contribution < -0.4 is 5.32 Å². The van der Waals surface area contributed by atoms with Gasteiger partial charge in [0.2, 0.25) is 0 Å². The van der Waals surface area contributed by atoms with Gasteiger partial charge in [-0.15, -0.1) is 0 Å². The molecule has 0 aliphatic heterocycles. The smallest absolute Gasteiger partial charge is 0.339 e. The first kappa shape index (κ1) is 13.8. The van der Waals surface area contributed by atoms with Crippen LogP contribution in [0.25, 0.3) is 0 Å². The van der Waals surface area contributed by atoms with Gasteiger partial charge in [-0.25, -0.2) is 9.78 Å². The summed E-state index contributed by atoms with van der Waals surface area (Å²) < 4.78 is 4.72. The maximum Gasteiger partial charge on any atom is 0.339 e. The second-order valence-corrected chi connectivity index (χ2v) is 5.33. The Morgan fingerprint density at radius 3 is 2.74 bits per heavy atom. The summed E-state index contributed by atoms with van der Waals surface area (Å²) in [6, 6.07) is 4.13. The number of nitrogens with zero attached hydrogens (tertiary/aromatic N) is 1. The molecule has 4 nitrogen and oxygen atoms in total. The lowest BCUT2D eigenvalue weighted by Crippen LogP contribution is -2.30. The molecule has 19 heavy (non-hydrogen) atoms.